The van der Waals surface area contributed by atoms with Crippen LogP contribution in [-0.4, -0.2) is 37.1 Å². The van der Waals surface area contributed by atoms with Gasteiger partial charge in [0.2, 0.25) is 0 Å². The Kier molecular flexibility index (Phi) is 2.78. The number of fused-ring (bicyclic) bond motifs is 1. The maximum absolute atomic E-state index is 10.7. The molecule has 0 radical (unpaired) electrons. The van der Waals surface area contributed by atoms with E-state index < -0.39 is 5.97 Å². The number of carboxylic acids is 1. The molecule has 84 valence electrons. The van der Waals surface area contributed by atoms with Gasteiger partial charge in [-0.2, -0.15) is 5.10 Å². The van der Waals surface area contributed by atoms with E-state index in [-0.39, 0.29) is 6.54 Å². The number of hydrogen-bond donors (Lipinski definition) is 1. The Labute approximate surface area is 95.7 Å². The quantitative estimate of drug-likeness (QED) is 0.633. The van der Waals surface area contributed by atoms with Crippen LogP contribution in [0.15, 0.2) is 11.4 Å². The first-order chi connectivity index (χ1) is 7.63. The van der Waals surface area contributed by atoms with E-state index >= 15 is 0 Å². The Balaban J connectivity index is 2.66. The molecule has 0 aliphatic heterocycles. The molecule has 0 fully saturated rings. The van der Waals surface area contributed by atoms with Gasteiger partial charge in [0.05, 0.1) is 11.1 Å². The standard InChI is InChI=1S/C9H10N4O2S/c1-5-7-8(10-4-11-9(7)16-2)13(12-5)3-6(14)15/h4H,3H2,1-2H3,(H,14,15). The summed E-state index contributed by atoms with van der Waals surface area (Å²) in [5.41, 5.74) is 1.32. The van der Waals surface area contributed by atoms with Gasteiger partial charge in [0.1, 0.15) is 17.9 Å². The maximum Gasteiger partial charge on any atom is 0.325 e. The summed E-state index contributed by atoms with van der Waals surface area (Å²) in [7, 11) is 0. The Bertz CT molecular complexity index is 552. The summed E-state index contributed by atoms with van der Waals surface area (Å²) < 4.78 is 1.38. The Morgan fingerprint density at radius 3 is 2.94 bits per heavy atom. The van der Waals surface area contributed by atoms with E-state index in [9.17, 15) is 4.79 Å². The number of aliphatic carboxylic acids is 1. The lowest BCUT2D eigenvalue weighted by Gasteiger charge is -1.99. The van der Waals surface area contributed by atoms with E-state index in [2.05, 4.69) is 15.1 Å². The van der Waals surface area contributed by atoms with Crippen molar-refractivity contribution in [3.8, 4) is 0 Å². The summed E-state index contributed by atoms with van der Waals surface area (Å²) in [6, 6.07) is 0. The normalized spacial score (nSPS) is 10.9. The first-order valence-corrected chi connectivity index (χ1v) is 5.80. The zero-order valence-electron chi connectivity index (χ0n) is 8.84. The van der Waals surface area contributed by atoms with Crippen LogP contribution in [0.1, 0.15) is 5.69 Å². The minimum Gasteiger partial charge on any atom is -0.480 e. The molecule has 0 saturated carbocycles. The molecule has 0 atom stereocenters. The number of carbonyl (C=O) groups is 1. The van der Waals surface area contributed by atoms with Crippen molar-refractivity contribution in [1.29, 1.82) is 0 Å². The molecule has 1 N–H and O–H groups in total. The summed E-state index contributed by atoms with van der Waals surface area (Å²) in [4.78, 5) is 18.9. The van der Waals surface area contributed by atoms with Gasteiger partial charge in [-0.1, -0.05) is 0 Å². The molecular formula is C9H10N4O2S. The molecule has 0 unspecified atom stereocenters. The Morgan fingerprint density at radius 2 is 2.31 bits per heavy atom. The third-order valence-electron chi connectivity index (χ3n) is 2.15. The predicted molar refractivity (Wildman–Crippen MR) is 59.5 cm³/mol. The number of carboxylic acid groups (broad SMARTS) is 1. The molecule has 16 heavy (non-hydrogen) atoms. The molecule has 2 rings (SSSR count). The number of nitrogens with zero attached hydrogens (tertiary/aromatic N) is 4. The van der Waals surface area contributed by atoms with Gasteiger partial charge in [-0.3, -0.25) is 4.79 Å². The van der Waals surface area contributed by atoms with Gasteiger partial charge >= 0.3 is 5.97 Å². The monoisotopic (exact) mass is 238 g/mol. The Morgan fingerprint density at radius 1 is 1.56 bits per heavy atom. The van der Waals surface area contributed by atoms with Gasteiger partial charge < -0.3 is 5.11 Å². The average molecular weight is 238 g/mol. The van der Waals surface area contributed by atoms with Crippen molar-refractivity contribution in [3.05, 3.63) is 12.0 Å². The van der Waals surface area contributed by atoms with Crippen molar-refractivity contribution in [2.75, 3.05) is 6.26 Å². The molecule has 0 bridgehead atoms. The van der Waals surface area contributed by atoms with Crippen LogP contribution in [-0.2, 0) is 11.3 Å². The zero-order valence-corrected chi connectivity index (χ0v) is 9.65. The van der Waals surface area contributed by atoms with E-state index in [1.165, 1.54) is 22.8 Å². The molecule has 2 heterocycles. The highest BCUT2D eigenvalue weighted by Gasteiger charge is 2.14. The average Bonchev–Trinajstić information content (AvgIpc) is 2.55. The van der Waals surface area contributed by atoms with Crippen molar-refractivity contribution in [3.63, 3.8) is 0 Å². The third-order valence-corrected chi connectivity index (χ3v) is 2.84. The summed E-state index contributed by atoms with van der Waals surface area (Å²) in [5, 5.41) is 14.6. The van der Waals surface area contributed by atoms with Crippen LogP contribution >= 0.6 is 11.8 Å². The second kappa shape index (κ2) is 4.09. The fraction of sp³-hybridized carbons (Fsp3) is 0.333. The largest absolute Gasteiger partial charge is 0.480 e. The number of rotatable bonds is 3. The molecule has 2 aromatic heterocycles. The minimum absolute atomic E-state index is 0.185. The van der Waals surface area contributed by atoms with Crippen molar-refractivity contribution < 1.29 is 9.90 Å². The molecule has 7 heteroatoms. The van der Waals surface area contributed by atoms with Crippen molar-refractivity contribution in [1.82, 2.24) is 19.7 Å². The lowest BCUT2D eigenvalue weighted by atomic mass is 10.3. The van der Waals surface area contributed by atoms with Crippen molar-refractivity contribution in [2.24, 2.45) is 0 Å². The number of hydrogen-bond acceptors (Lipinski definition) is 5. The first kappa shape index (κ1) is 10.9. The SMILES string of the molecule is CSc1ncnc2c1c(C)nn2CC(=O)O. The molecule has 0 spiro atoms. The summed E-state index contributed by atoms with van der Waals surface area (Å²) in [5.74, 6) is -0.936. The Hall–Kier alpha value is -1.63. The highest BCUT2D eigenvalue weighted by molar-refractivity contribution is 7.98. The lowest BCUT2D eigenvalue weighted by Crippen LogP contribution is -2.10. The summed E-state index contributed by atoms with van der Waals surface area (Å²) >= 11 is 1.49. The molecule has 0 amide bonds. The van der Waals surface area contributed by atoms with Crippen LogP contribution in [0.4, 0.5) is 0 Å². The van der Waals surface area contributed by atoms with Gasteiger partial charge in [0.25, 0.3) is 0 Å². The van der Waals surface area contributed by atoms with E-state index in [0.717, 1.165) is 16.1 Å². The van der Waals surface area contributed by atoms with Gasteiger partial charge in [-0.25, -0.2) is 14.6 Å². The van der Waals surface area contributed by atoms with Crippen LogP contribution < -0.4 is 0 Å². The third kappa shape index (κ3) is 1.73. The fourth-order valence-corrected chi connectivity index (χ4v) is 2.14. The van der Waals surface area contributed by atoms with Gasteiger partial charge in [0, 0.05) is 0 Å². The first-order valence-electron chi connectivity index (χ1n) is 4.57. The van der Waals surface area contributed by atoms with Crippen LogP contribution in [0.3, 0.4) is 0 Å². The van der Waals surface area contributed by atoms with E-state index in [0.29, 0.717) is 5.65 Å². The van der Waals surface area contributed by atoms with Gasteiger partial charge in [0.15, 0.2) is 5.65 Å². The maximum atomic E-state index is 10.7. The second-order valence-corrected chi connectivity index (χ2v) is 4.01. The van der Waals surface area contributed by atoms with Gasteiger partial charge in [-0.15, -0.1) is 11.8 Å². The molecule has 2 aromatic rings. The molecule has 0 aliphatic rings. The molecular weight excluding hydrogens is 228 g/mol. The summed E-state index contributed by atoms with van der Waals surface area (Å²) in [6.07, 6.45) is 3.34. The van der Waals surface area contributed by atoms with E-state index in [4.69, 9.17) is 5.11 Å². The van der Waals surface area contributed by atoms with Crippen LogP contribution in [0, 0.1) is 6.92 Å². The number of thioether (sulfide) groups is 1. The van der Waals surface area contributed by atoms with Gasteiger partial charge in [-0.05, 0) is 13.2 Å². The molecule has 0 aliphatic carbocycles. The topological polar surface area (TPSA) is 80.9 Å². The molecule has 0 saturated heterocycles. The lowest BCUT2D eigenvalue weighted by molar-refractivity contribution is -0.137. The minimum atomic E-state index is -0.936. The van der Waals surface area contributed by atoms with E-state index in [1.54, 1.807) is 0 Å². The summed E-state index contributed by atoms with van der Waals surface area (Å²) in [6.45, 7) is 1.64. The zero-order chi connectivity index (χ0) is 11.7. The van der Waals surface area contributed by atoms with Crippen LogP contribution in [0.2, 0.25) is 0 Å². The van der Waals surface area contributed by atoms with E-state index in [1.807, 2.05) is 13.2 Å². The molecule has 6 nitrogen and oxygen atoms in total. The number of aromatic nitrogens is 4. The second-order valence-electron chi connectivity index (χ2n) is 3.22. The van der Waals surface area contributed by atoms with Crippen LogP contribution in [0.5, 0.6) is 0 Å². The highest BCUT2D eigenvalue weighted by atomic mass is 32.2. The highest BCUT2D eigenvalue weighted by Crippen LogP contribution is 2.24. The molecule has 0 aromatic carbocycles. The number of aryl methyl sites for hydroxylation is 1. The smallest absolute Gasteiger partial charge is 0.325 e. The van der Waals surface area contributed by atoms with Crippen molar-refractivity contribution in [2.45, 2.75) is 18.5 Å². The van der Waals surface area contributed by atoms with Crippen molar-refractivity contribution >= 4 is 28.8 Å². The van der Waals surface area contributed by atoms with Crippen LogP contribution in [0.25, 0.3) is 11.0 Å². The predicted octanol–water partition coefficient (Wildman–Crippen LogP) is 0.941. The fourth-order valence-electron chi connectivity index (χ4n) is 1.54.